The van der Waals surface area contributed by atoms with E-state index < -0.39 is 0 Å². The highest BCUT2D eigenvalue weighted by Gasteiger charge is 2.30. The van der Waals surface area contributed by atoms with Gasteiger partial charge in [0.05, 0.1) is 0 Å². The van der Waals surface area contributed by atoms with Crippen LogP contribution in [0.3, 0.4) is 0 Å². The molecule has 0 amide bonds. The molecule has 0 aliphatic carbocycles. The Kier molecular flexibility index (Phi) is 5.59. The fraction of sp³-hybridized carbons (Fsp3) is 0.647. The fourth-order valence-corrected chi connectivity index (χ4v) is 3.48. The van der Waals surface area contributed by atoms with Gasteiger partial charge in [-0.05, 0) is 43.0 Å². The monoisotopic (exact) mass is 328 g/mol. The topological polar surface area (TPSA) is 15.3 Å². The third-order valence-corrected chi connectivity index (χ3v) is 5.00. The number of nitrogens with one attached hydrogen (secondary N) is 1. The Morgan fingerprint density at radius 3 is 2.62 bits per heavy atom. The van der Waals surface area contributed by atoms with Crippen LogP contribution in [0.25, 0.3) is 0 Å². The average molecular weight is 329 g/mol. The van der Waals surface area contributed by atoms with Crippen LogP contribution < -0.4 is 5.32 Å². The number of nitrogens with zero attached hydrogens (tertiary/aromatic N) is 1. The van der Waals surface area contributed by atoms with E-state index in [0.29, 0.717) is 17.1 Å². The molecule has 1 aliphatic heterocycles. The van der Waals surface area contributed by atoms with Gasteiger partial charge < -0.3 is 5.32 Å². The standard InChI is InChI=1S/C17H26Cl2N2/c1-12(14-7-6-13(18)10-15(14)19)21-9-5-8-20-16(11-21)17(2,3)4/h6-7,10,12,16,20H,5,8-9,11H2,1-4H3. The predicted molar refractivity (Wildman–Crippen MR) is 92.3 cm³/mol. The number of hydrogen-bond donors (Lipinski definition) is 1. The summed E-state index contributed by atoms with van der Waals surface area (Å²) in [5.41, 5.74) is 1.42. The lowest BCUT2D eigenvalue weighted by Gasteiger charge is -2.36. The second-order valence-electron chi connectivity index (χ2n) is 7.06. The molecule has 1 aromatic carbocycles. The summed E-state index contributed by atoms with van der Waals surface area (Å²) in [7, 11) is 0. The molecular weight excluding hydrogens is 303 g/mol. The normalized spacial score (nSPS) is 22.9. The Balaban J connectivity index is 2.18. The molecule has 1 aromatic rings. The molecule has 1 fully saturated rings. The Morgan fingerprint density at radius 1 is 1.29 bits per heavy atom. The highest BCUT2D eigenvalue weighted by atomic mass is 35.5. The summed E-state index contributed by atoms with van der Waals surface area (Å²) in [6.45, 7) is 12.4. The van der Waals surface area contributed by atoms with Crippen LogP contribution in [0.5, 0.6) is 0 Å². The minimum Gasteiger partial charge on any atom is -0.312 e. The third kappa shape index (κ3) is 4.35. The quantitative estimate of drug-likeness (QED) is 0.841. The molecule has 1 heterocycles. The smallest absolute Gasteiger partial charge is 0.0468 e. The molecule has 0 saturated carbocycles. The zero-order chi connectivity index (χ0) is 15.6. The molecule has 0 spiro atoms. The fourth-order valence-electron chi connectivity index (χ4n) is 2.92. The first-order valence-corrected chi connectivity index (χ1v) is 8.47. The Bertz CT molecular complexity index is 482. The van der Waals surface area contributed by atoms with E-state index in [1.807, 2.05) is 12.1 Å². The lowest BCUT2D eigenvalue weighted by Crippen LogP contribution is -2.46. The van der Waals surface area contributed by atoms with Gasteiger partial charge >= 0.3 is 0 Å². The minimum atomic E-state index is 0.256. The first kappa shape index (κ1) is 17.1. The van der Waals surface area contributed by atoms with E-state index in [0.717, 1.165) is 30.2 Å². The molecule has 21 heavy (non-hydrogen) atoms. The van der Waals surface area contributed by atoms with Crippen LogP contribution in [-0.2, 0) is 0 Å². The molecule has 2 nitrogen and oxygen atoms in total. The van der Waals surface area contributed by atoms with E-state index in [-0.39, 0.29) is 5.41 Å². The molecule has 0 radical (unpaired) electrons. The maximum absolute atomic E-state index is 6.38. The van der Waals surface area contributed by atoms with Crippen LogP contribution in [0.15, 0.2) is 18.2 Å². The highest BCUT2D eigenvalue weighted by Crippen LogP contribution is 2.32. The van der Waals surface area contributed by atoms with E-state index in [9.17, 15) is 0 Å². The molecule has 0 aromatic heterocycles. The summed E-state index contributed by atoms with van der Waals surface area (Å²) in [5.74, 6) is 0. The van der Waals surface area contributed by atoms with E-state index in [1.54, 1.807) is 0 Å². The lowest BCUT2D eigenvalue weighted by molar-refractivity contribution is 0.162. The van der Waals surface area contributed by atoms with Crippen molar-refractivity contribution in [2.75, 3.05) is 19.6 Å². The van der Waals surface area contributed by atoms with Gasteiger partial charge in [0.25, 0.3) is 0 Å². The Labute approximate surface area is 138 Å². The van der Waals surface area contributed by atoms with Crippen LogP contribution in [0.4, 0.5) is 0 Å². The average Bonchev–Trinajstić information content (AvgIpc) is 2.63. The zero-order valence-electron chi connectivity index (χ0n) is 13.4. The largest absolute Gasteiger partial charge is 0.312 e. The molecule has 2 rings (SSSR count). The lowest BCUT2D eigenvalue weighted by atomic mass is 9.86. The van der Waals surface area contributed by atoms with Gasteiger partial charge in [0.1, 0.15) is 0 Å². The number of halogens is 2. The second-order valence-corrected chi connectivity index (χ2v) is 7.91. The van der Waals surface area contributed by atoms with Gasteiger partial charge in [-0.3, -0.25) is 4.90 Å². The Morgan fingerprint density at radius 2 is 2.00 bits per heavy atom. The van der Waals surface area contributed by atoms with Crippen LogP contribution in [-0.4, -0.2) is 30.6 Å². The van der Waals surface area contributed by atoms with Gasteiger partial charge in [-0.25, -0.2) is 0 Å². The van der Waals surface area contributed by atoms with Crippen molar-refractivity contribution < 1.29 is 0 Å². The SMILES string of the molecule is CC(c1ccc(Cl)cc1Cl)N1CCCNC(C(C)(C)C)C1. The van der Waals surface area contributed by atoms with Crippen LogP contribution in [0.1, 0.15) is 45.7 Å². The van der Waals surface area contributed by atoms with Gasteiger partial charge in [-0.2, -0.15) is 0 Å². The van der Waals surface area contributed by atoms with Crippen molar-refractivity contribution in [3.05, 3.63) is 33.8 Å². The highest BCUT2D eigenvalue weighted by molar-refractivity contribution is 6.35. The summed E-state index contributed by atoms with van der Waals surface area (Å²) >= 11 is 12.4. The molecule has 2 atom stereocenters. The van der Waals surface area contributed by atoms with Gasteiger partial charge in [-0.1, -0.05) is 50.0 Å². The molecule has 1 saturated heterocycles. The number of hydrogen-bond acceptors (Lipinski definition) is 2. The van der Waals surface area contributed by atoms with Crippen molar-refractivity contribution in [3.8, 4) is 0 Å². The first-order valence-electron chi connectivity index (χ1n) is 7.71. The molecular formula is C17H26Cl2N2. The summed E-state index contributed by atoms with van der Waals surface area (Å²) in [6.07, 6.45) is 1.17. The van der Waals surface area contributed by atoms with Gasteiger partial charge in [0, 0.05) is 35.2 Å². The predicted octanol–water partition coefficient (Wildman–Crippen LogP) is 4.76. The maximum Gasteiger partial charge on any atom is 0.0468 e. The van der Waals surface area contributed by atoms with Crippen molar-refractivity contribution in [2.24, 2.45) is 5.41 Å². The molecule has 4 heteroatoms. The molecule has 2 unspecified atom stereocenters. The van der Waals surface area contributed by atoms with Crippen LogP contribution in [0, 0.1) is 5.41 Å². The Hall–Kier alpha value is -0.280. The van der Waals surface area contributed by atoms with E-state index in [2.05, 4.69) is 44.0 Å². The minimum absolute atomic E-state index is 0.256. The van der Waals surface area contributed by atoms with Crippen LogP contribution >= 0.6 is 23.2 Å². The third-order valence-electron chi connectivity index (χ3n) is 4.44. The summed E-state index contributed by atoms with van der Waals surface area (Å²) in [5, 5.41) is 5.14. The van der Waals surface area contributed by atoms with Crippen molar-refractivity contribution >= 4 is 23.2 Å². The number of rotatable bonds is 2. The summed E-state index contributed by atoms with van der Waals surface area (Å²) in [6, 6.07) is 6.62. The van der Waals surface area contributed by atoms with E-state index >= 15 is 0 Å². The second kappa shape index (κ2) is 6.87. The van der Waals surface area contributed by atoms with Gasteiger partial charge in [0.15, 0.2) is 0 Å². The van der Waals surface area contributed by atoms with E-state index in [4.69, 9.17) is 23.2 Å². The van der Waals surface area contributed by atoms with Crippen LogP contribution in [0.2, 0.25) is 10.0 Å². The van der Waals surface area contributed by atoms with Crippen molar-refractivity contribution in [1.82, 2.24) is 10.2 Å². The number of benzene rings is 1. The van der Waals surface area contributed by atoms with Crippen molar-refractivity contribution in [2.45, 2.75) is 46.2 Å². The molecule has 0 bridgehead atoms. The molecule has 1 aliphatic rings. The zero-order valence-corrected chi connectivity index (χ0v) is 14.9. The van der Waals surface area contributed by atoms with Gasteiger partial charge in [-0.15, -0.1) is 0 Å². The summed E-state index contributed by atoms with van der Waals surface area (Å²) < 4.78 is 0. The van der Waals surface area contributed by atoms with Gasteiger partial charge in [0.2, 0.25) is 0 Å². The van der Waals surface area contributed by atoms with E-state index in [1.165, 1.54) is 6.42 Å². The maximum atomic E-state index is 6.38. The van der Waals surface area contributed by atoms with Crippen molar-refractivity contribution in [3.63, 3.8) is 0 Å². The molecule has 1 N–H and O–H groups in total. The summed E-state index contributed by atoms with van der Waals surface area (Å²) in [4.78, 5) is 2.53. The molecule has 118 valence electrons. The first-order chi connectivity index (χ1) is 9.79. The van der Waals surface area contributed by atoms with Crippen molar-refractivity contribution in [1.29, 1.82) is 0 Å².